The molecule has 0 amide bonds. The molecule has 5 heteroatoms. The number of hydrogen-bond donors (Lipinski definition) is 1. The smallest absolute Gasteiger partial charge is 0.141 e. The van der Waals surface area contributed by atoms with Gasteiger partial charge in [0, 0.05) is 10.6 Å². The number of nitriles is 1. The summed E-state index contributed by atoms with van der Waals surface area (Å²) in [6.07, 6.45) is -0.691. The van der Waals surface area contributed by atoms with Gasteiger partial charge in [0.25, 0.3) is 0 Å². The van der Waals surface area contributed by atoms with Gasteiger partial charge in [0.05, 0.1) is 22.2 Å². The lowest BCUT2D eigenvalue weighted by molar-refractivity contribution is 0.195. The fourth-order valence-corrected chi connectivity index (χ4v) is 2.48. The summed E-state index contributed by atoms with van der Waals surface area (Å²) in [4.78, 5) is 0. The van der Waals surface area contributed by atoms with Gasteiger partial charge in [0.15, 0.2) is 0 Å². The van der Waals surface area contributed by atoms with Gasteiger partial charge in [0.1, 0.15) is 11.5 Å². The maximum Gasteiger partial charge on any atom is 0.141 e. The Morgan fingerprint density at radius 3 is 2.60 bits per heavy atom. The van der Waals surface area contributed by atoms with Crippen molar-refractivity contribution in [3.05, 3.63) is 57.0 Å². The van der Waals surface area contributed by atoms with Crippen molar-refractivity contribution >= 4 is 27.5 Å². The highest BCUT2D eigenvalue weighted by atomic mass is 79.9. The number of nitrogens with zero attached hydrogens (tertiary/aromatic N) is 1. The second-order valence-electron chi connectivity index (χ2n) is 4.22. The van der Waals surface area contributed by atoms with Crippen molar-refractivity contribution in [2.75, 3.05) is 0 Å². The second-order valence-corrected chi connectivity index (χ2v) is 5.51. The molecule has 0 fully saturated rings. The molecule has 2 aromatic carbocycles. The van der Waals surface area contributed by atoms with Crippen LogP contribution in [0.2, 0.25) is 5.02 Å². The molecule has 102 valence electrons. The third-order valence-electron chi connectivity index (χ3n) is 2.71. The van der Waals surface area contributed by atoms with Crippen LogP contribution in [-0.4, -0.2) is 5.11 Å². The molecule has 0 aliphatic carbocycles. The van der Waals surface area contributed by atoms with Crippen LogP contribution in [0.4, 0.5) is 0 Å². The van der Waals surface area contributed by atoms with Crippen molar-refractivity contribution in [1.29, 1.82) is 5.26 Å². The van der Waals surface area contributed by atoms with Crippen LogP contribution in [0.3, 0.4) is 0 Å². The Morgan fingerprint density at radius 2 is 2.00 bits per heavy atom. The summed E-state index contributed by atoms with van der Waals surface area (Å²) in [6, 6.07) is 12.1. The number of hydrogen-bond acceptors (Lipinski definition) is 3. The van der Waals surface area contributed by atoms with Crippen molar-refractivity contribution in [2.24, 2.45) is 0 Å². The monoisotopic (exact) mass is 351 g/mol. The Kier molecular flexibility index (Phi) is 4.66. The zero-order valence-electron chi connectivity index (χ0n) is 10.6. The van der Waals surface area contributed by atoms with E-state index in [0.717, 1.165) is 0 Å². The molecule has 0 saturated heterocycles. The predicted molar refractivity (Wildman–Crippen MR) is 81.0 cm³/mol. The quantitative estimate of drug-likeness (QED) is 0.861. The molecule has 0 unspecified atom stereocenters. The van der Waals surface area contributed by atoms with E-state index in [1.165, 1.54) is 0 Å². The van der Waals surface area contributed by atoms with Crippen molar-refractivity contribution < 1.29 is 9.84 Å². The lowest BCUT2D eigenvalue weighted by Gasteiger charge is -2.14. The molecule has 0 bridgehead atoms. The Labute approximate surface area is 130 Å². The van der Waals surface area contributed by atoms with E-state index in [4.69, 9.17) is 21.6 Å². The topological polar surface area (TPSA) is 53.2 Å². The summed E-state index contributed by atoms with van der Waals surface area (Å²) >= 11 is 9.25. The zero-order chi connectivity index (χ0) is 14.7. The van der Waals surface area contributed by atoms with Crippen LogP contribution < -0.4 is 4.74 Å². The third-order valence-corrected chi connectivity index (χ3v) is 3.56. The summed E-state index contributed by atoms with van der Waals surface area (Å²) in [6.45, 7) is 1.64. The van der Waals surface area contributed by atoms with Crippen LogP contribution in [0.5, 0.6) is 11.5 Å². The number of halogens is 2. The summed E-state index contributed by atoms with van der Waals surface area (Å²) < 4.78 is 6.48. The van der Waals surface area contributed by atoms with Gasteiger partial charge >= 0.3 is 0 Å². The third kappa shape index (κ3) is 3.31. The van der Waals surface area contributed by atoms with Gasteiger partial charge in [0.2, 0.25) is 0 Å². The van der Waals surface area contributed by atoms with E-state index < -0.39 is 6.10 Å². The SMILES string of the molecule is C[C@H](O)c1ccc(C#N)cc1Oc1ccc(Cl)cc1Br. The van der Waals surface area contributed by atoms with Crippen molar-refractivity contribution in [3.63, 3.8) is 0 Å². The van der Waals surface area contributed by atoms with Crippen LogP contribution >= 0.6 is 27.5 Å². The second kappa shape index (κ2) is 6.27. The zero-order valence-corrected chi connectivity index (χ0v) is 12.9. The first-order valence-corrected chi connectivity index (χ1v) is 7.03. The molecule has 0 spiro atoms. The average molecular weight is 353 g/mol. The Balaban J connectivity index is 2.43. The molecule has 0 aliphatic rings. The first kappa shape index (κ1) is 14.9. The Hall–Kier alpha value is -1.54. The van der Waals surface area contributed by atoms with Crippen LogP contribution in [0.15, 0.2) is 40.9 Å². The van der Waals surface area contributed by atoms with Crippen molar-refractivity contribution in [1.82, 2.24) is 0 Å². The Morgan fingerprint density at radius 1 is 1.25 bits per heavy atom. The molecular formula is C15H11BrClNO2. The van der Waals surface area contributed by atoms with E-state index in [-0.39, 0.29) is 0 Å². The fourth-order valence-electron chi connectivity index (χ4n) is 1.71. The number of aliphatic hydroxyl groups excluding tert-OH is 1. The summed E-state index contributed by atoms with van der Waals surface area (Å²) in [7, 11) is 0. The van der Waals surface area contributed by atoms with Gasteiger partial charge in [-0.25, -0.2) is 0 Å². The van der Waals surface area contributed by atoms with Crippen molar-refractivity contribution in [2.45, 2.75) is 13.0 Å². The van der Waals surface area contributed by atoms with Gasteiger partial charge in [-0.15, -0.1) is 0 Å². The molecule has 0 saturated carbocycles. The average Bonchev–Trinajstić information content (AvgIpc) is 2.41. The number of rotatable bonds is 3. The van der Waals surface area contributed by atoms with Gasteiger partial charge in [-0.3, -0.25) is 0 Å². The van der Waals surface area contributed by atoms with E-state index in [2.05, 4.69) is 15.9 Å². The predicted octanol–water partition coefficient (Wildman–Crippen LogP) is 4.82. The molecule has 0 aliphatic heterocycles. The van der Waals surface area contributed by atoms with E-state index in [1.807, 2.05) is 6.07 Å². The highest BCUT2D eigenvalue weighted by Gasteiger charge is 2.12. The van der Waals surface area contributed by atoms with E-state index in [1.54, 1.807) is 43.3 Å². The summed E-state index contributed by atoms with van der Waals surface area (Å²) in [5.74, 6) is 1.01. The van der Waals surface area contributed by atoms with E-state index in [9.17, 15) is 5.11 Å². The number of benzene rings is 2. The molecule has 0 radical (unpaired) electrons. The molecule has 0 aromatic heterocycles. The minimum Gasteiger partial charge on any atom is -0.456 e. The molecular weight excluding hydrogens is 342 g/mol. The number of ether oxygens (including phenoxy) is 1. The Bertz CT molecular complexity index is 680. The largest absolute Gasteiger partial charge is 0.456 e. The molecule has 20 heavy (non-hydrogen) atoms. The van der Waals surface area contributed by atoms with Crippen molar-refractivity contribution in [3.8, 4) is 17.6 Å². The minimum absolute atomic E-state index is 0.446. The maximum absolute atomic E-state index is 9.76. The highest BCUT2D eigenvalue weighted by Crippen LogP contribution is 2.35. The van der Waals surface area contributed by atoms with Gasteiger partial charge in [-0.2, -0.15) is 5.26 Å². The van der Waals surface area contributed by atoms with E-state index in [0.29, 0.717) is 32.1 Å². The normalized spacial score (nSPS) is 11.8. The van der Waals surface area contributed by atoms with Gasteiger partial charge in [-0.05, 0) is 53.2 Å². The highest BCUT2D eigenvalue weighted by molar-refractivity contribution is 9.10. The molecule has 2 aromatic rings. The summed E-state index contributed by atoms with van der Waals surface area (Å²) in [5, 5.41) is 19.3. The minimum atomic E-state index is -0.691. The number of aliphatic hydroxyl groups is 1. The first-order valence-electron chi connectivity index (χ1n) is 5.86. The molecule has 3 nitrogen and oxygen atoms in total. The van der Waals surface area contributed by atoms with E-state index >= 15 is 0 Å². The molecule has 1 N–H and O–H groups in total. The molecule has 1 atom stereocenters. The lowest BCUT2D eigenvalue weighted by Crippen LogP contribution is -1.97. The van der Waals surface area contributed by atoms with Gasteiger partial charge < -0.3 is 9.84 Å². The maximum atomic E-state index is 9.76. The first-order chi connectivity index (χ1) is 9.51. The summed E-state index contributed by atoms with van der Waals surface area (Å²) in [5.41, 5.74) is 1.08. The lowest BCUT2D eigenvalue weighted by atomic mass is 10.1. The van der Waals surface area contributed by atoms with Crippen LogP contribution in [-0.2, 0) is 0 Å². The van der Waals surface area contributed by atoms with Crippen LogP contribution in [0, 0.1) is 11.3 Å². The molecule has 2 rings (SSSR count). The standard InChI is InChI=1S/C15H11BrClNO2/c1-9(19)12-4-2-10(8-18)6-15(12)20-14-5-3-11(17)7-13(14)16/h2-7,9,19H,1H3/t9-/m0/s1. The van der Waals surface area contributed by atoms with Crippen LogP contribution in [0.1, 0.15) is 24.2 Å². The molecule has 0 heterocycles. The van der Waals surface area contributed by atoms with Gasteiger partial charge in [-0.1, -0.05) is 17.7 Å². The van der Waals surface area contributed by atoms with Crippen LogP contribution in [0.25, 0.3) is 0 Å². The fraction of sp³-hybridized carbons (Fsp3) is 0.133.